The van der Waals surface area contributed by atoms with Crippen molar-refractivity contribution in [3.05, 3.63) is 29.8 Å². The highest BCUT2D eigenvalue weighted by Crippen LogP contribution is 2.24. The van der Waals surface area contributed by atoms with Crippen molar-refractivity contribution in [1.29, 1.82) is 0 Å². The molecule has 1 unspecified atom stereocenters. The molecule has 0 aliphatic heterocycles. The molecule has 3 nitrogen and oxygen atoms in total. The Morgan fingerprint density at radius 1 is 1.47 bits per heavy atom. The SMILES string of the molecule is CCC(C)(C)NC(=O)C(C)Sc1cccc(C=O)c1. The highest BCUT2D eigenvalue weighted by Gasteiger charge is 2.22. The number of aldehydes is 1. The highest BCUT2D eigenvalue weighted by molar-refractivity contribution is 8.00. The van der Waals surface area contributed by atoms with E-state index in [4.69, 9.17) is 0 Å². The molecular formula is C15H21NO2S. The summed E-state index contributed by atoms with van der Waals surface area (Å²) < 4.78 is 0. The van der Waals surface area contributed by atoms with Gasteiger partial charge < -0.3 is 5.32 Å². The Kier molecular flexibility index (Phi) is 5.60. The van der Waals surface area contributed by atoms with E-state index in [-0.39, 0.29) is 16.7 Å². The molecular weight excluding hydrogens is 258 g/mol. The van der Waals surface area contributed by atoms with Gasteiger partial charge in [-0.25, -0.2) is 0 Å². The first-order valence-corrected chi connectivity index (χ1v) is 7.30. The first-order valence-electron chi connectivity index (χ1n) is 6.42. The number of benzene rings is 1. The smallest absolute Gasteiger partial charge is 0.233 e. The maximum atomic E-state index is 12.1. The molecule has 19 heavy (non-hydrogen) atoms. The number of nitrogens with one attached hydrogen (secondary N) is 1. The molecule has 0 aliphatic rings. The Labute approximate surface area is 119 Å². The van der Waals surface area contributed by atoms with E-state index < -0.39 is 0 Å². The Hall–Kier alpha value is -1.29. The summed E-state index contributed by atoms with van der Waals surface area (Å²) in [7, 11) is 0. The van der Waals surface area contributed by atoms with Crippen molar-refractivity contribution in [1.82, 2.24) is 5.32 Å². The Morgan fingerprint density at radius 3 is 2.74 bits per heavy atom. The van der Waals surface area contributed by atoms with Crippen molar-refractivity contribution < 1.29 is 9.59 Å². The molecule has 0 aromatic heterocycles. The van der Waals surface area contributed by atoms with Crippen LogP contribution < -0.4 is 5.32 Å². The minimum atomic E-state index is -0.187. The van der Waals surface area contributed by atoms with Crippen LogP contribution in [0, 0.1) is 0 Å². The summed E-state index contributed by atoms with van der Waals surface area (Å²) in [5.74, 6) is 0.0216. The second-order valence-electron chi connectivity index (χ2n) is 5.18. The summed E-state index contributed by atoms with van der Waals surface area (Å²) in [6.07, 6.45) is 1.70. The highest BCUT2D eigenvalue weighted by atomic mass is 32.2. The number of carbonyl (C=O) groups is 2. The van der Waals surface area contributed by atoms with Crippen LogP contribution >= 0.6 is 11.8 Å². The molecule has 1 N–H and O–H groups in total. The molecule has 1 rings (SSSR count). The Bertz CT molecular complexity index is 457. The van der Waals surface area contributed by atoms with Crippen molar-refractivity contribution in [2.75, 3.05) is 0 Å². The zero-order chi connectivity index (χ0) is 14.5. The zero-order valence-electron chi connectivity index (χ0n) is 11.9. The lowest BCUT2D eigenvalue weighted by Gasteiger charge is -2.26. The van der Waals surface area contributed by atoms with Gasteiger partial charge in [0.05, 0.1) is 5.25 Å². The third-order valence-corrected chi connectivity index (χ3v) is 4.12. The summed E-state index contributed by atoms with van der Waals surface area (Å²) >= 11 is 1.46. The maximum Gasteiger partial charge on any atom is 0.233 e. The topological polar surface area (TPSA) is 46.2 Å². The summed E-state index contributed by atoms with van der Waals surface area (Å²) in [5, 5.41) is 2.84. The number of amides is 1. The fourth-order valence-corrected chi connectivity index (χ4v) is 2.38. The van der Waals surface area contributed by atoms with E-state index in [1.165, 1.54) is 11.8 Å². The Morgan fingerprint density at radius 2 is 2.16 bits per heavy atom. The van der Waals surface area contributed by atoms with Gasteiger partial charge in [-0.05, 0) is 39.3 Å². The van der Waals surface area contributed by atoms with Gasteiger partial charge >= 0.3 is 0 Å². The van der Waals surface area contributed by atoms with Crippen LogP contribution in [0.3, 0.4) is 0 Å². The fraction of sp³-hybridized carbons (Fsp3) is 0.467. The van der Waals surface area contributed by atoms with Crippen molar-refractivity contribution in [2.45, 2.75) is 49.8 Å². The van der Waals surface area contributed by atoms with Crippen LogP contribution in [0.4, 0.5) is 0 Å². The van der Waals surface area contributed by atoms with Crippen LogP contribution in [0.25, 0.3) is 0 Å². The lowest BCUT2D eigenvalue weighted by Crippen LogP contribution is -2.46. The van der Waals surface area contributed by atoms with Gasteiger partial charge in [-0.2, -0.15) is 0 Å². The normalized spacial score (nSPS) is 12.8. The van der Waals surface area contributed by atoms with Gasteiger partial charge in [-0.3, -0.25) is 9.59 Å². The fourth-order valence-electron chi connectivity index (χ4n) is 1.44. The van der Waals surface area contributed by atoms with Crippen LogP contribution in [0.5, 0.6) is 0 Å². The van der Waals surface area contributed by atoms with Gasteiger partial charge in [0.2, 0.25) is 5.91 Å². The van der Waals surface area contributed by atoms with Gasteiger partial charge in [0, 0.05) is 16.0 Å². The second kappa shape index (κ2) is 6.75. The van der Waals surface area contributed by atoms with E-state index in [9.17, 15) is 9.59 Å². The molecule has 1 atom stereocenters. The lowest BCUT2D eigenvalue weighted by molar-refractivity contribution is -0.121. The molecule has 1 aromatic carbocycles. The Balaban J connectivity index is 2.65. The number of carbonyl (C=O) groups excluding carboxylic acids is 2. The first-order chi connectivity index (χ1) is 8.88. The van der Waals surface area contributed by atoms with E-state index >= 15 is 0 Å². The molecule has 0 aliphatic carbocycles. The molecule has 0 spiro atoms. The van der Waals surface area contributed by atoms with E-state index in [1.807, 2.05) is 39.8 Å². The molecule has 4 heteroatoms. The minimum absolute atomic E-state index is 0.0216. The summed E-state index contributed by atoms with van der Waals surface area (Å²) in [5.41, 5.74) is 0.447. The molecule has 0 fully saturated rings. The summed E-state index contributed by atoms with van der Waals surface area (Å²) in [4.78, 5) is 23.7. The standard InChI is InChI=1S/C15H21NO2S/c1-5-15(3,4)16-14(18)11(2)19-13-8-6-7-12(9-13)10-17/h6-11H,5H2,1-4H3,(H,16,18). The van der Waals surface area contributed by atoms with Gasteiger partial charge in [-0.1, -0.05) is 19.1 Å². The minimum Gasteiger partial charge on any atom is -0.350 e. The molecule has 1 aromatic rings. The average Bonchev–Trinajstić information content (AvgIpc) is 2.38. The van der Waals surface area contributed by atoms with Crippen molar-refractivity contribution in [2.24, 2.45) is 0 Å². The first kappa shape index (κ1) is 15.8. The lowest BCUT2D eigenvalue weighted by atomic mass is 10.0. The van der Waals surface area contributed by atoms with E-state index in [0.29, 0.717) is 5.56 Å². The van der Waals surface area contributed by atoms with Crippen molar-refractivity contribution in [3.8, 4) is 0 Å². The number of rotatable bonds is 6. The van der Waals surface area contributed by atoms with Crippen LogP contribution in [0.2, 0.25) is 0 Å². The summed E-state index contributed by atoms with van der Waals surface area (Å²) in [6.45, 7) is 7.94. The van der Waals surface area contributed by atoms with Crippen LogP contribution in [-0.2, 0) is 4.79 Å². The van der Waals surface area contributed by atoms with E-state index in [1.54, 1.807) is 12.1 Å². The van der Waals surface area contributed by atoms with Crippen LogP contribution in [0.15, 0.2) is 29.2 Å². The predicted molar refractivity (Wildman–Crippen MR) is 79.7 cm³/mol. The molecule has 104 valence electrons. The molecule has 0 heterocycles. The van der Waals surface area contributed by atoms with Crippen LogP contribution in [-0.4, -0.2) is 23.0 Å². The molecule has 0 saturated carbocycles. The zero-order valence-corrected chi connectivity index (χ0v) is 12.7. The molecule has 0 radical (unpaired) electrons. The second-order valence-corrected chi connectivity index (χ2v) is 6.59. The van der Waals surface area contributed by atoms with E-state index in [2.05, 4.69) is 5.32 Å². The van der Waals surface area contributed by atoms with Gasteiger partial charge in [0.15, 0.2) is 0 Å². The van der Waals surface area contributed by atoms with Gasteiger partial charge in [-0.15, -0.1) is 11.8 Å². The van der Waals surface area contributed by atoms with E-state index in [0.717, 1.165) is 17.6 Å². The quantitative estimate of drug-likeness (QED) is 0.642. The monoisotopic (exact) mass is 279 g/mol. The van der Waals surface area contributed by atoms with Gasteiger partial charge in [0.25, 0.3) is 0 Å². The molecule has 0 saturated heterocycles. The largest absolute Gasteiger partial charge is 0.350 e. The van der Waals surface area contributed by atoms with Crippen molar-refractivity contribution in [3.63, 3.8) is 0 Å². The third-order valence-electron chi connectivity index (χ3n) is 3.02. The molecule has 0 bridgehead atoms. The average molecular weight is 279 g/mol. The predicted octanol–water partition coefficient (Wildman–Crippen LogP) is 3.28. The number of hydrogen-bond acceptors (Lipinski definition) is 3. The summed E-state index contributed by atoms with van der Waals surface area (Å²) in [6, 6.07) is 7.29. The number of thioether (sulfide) groups is 1. The third kappa shape index (κ3) is 5.07. The van der Waals surface area contributed by atoms with Crippen LogP contribution in [0.1, 0.15) is 44.5 Å². The maximum absolute atomic E-state index is 12.1. The van der Waals surface area contributed by atoms with Crippen molar-refractivity contribution >= 4 is 24.0 Å². The number of hydrogen-bond donors (Lipinski definition) is 1. The molecule has 1 amide bonds. The van der Waals surface area contributed by atoms with Gasteiger partial charge in [0.1, 0.15) is 6.29 Å².